The minimum atomic E-state index is 0. The van der Waals surface area contributed by atoms with Crippen LogP contribution in [0.15, 0.2) is 0 Å². The first-order chi connectivity index (χ1) is 5.22. The van der Waals surface area contributed by atoms with Gasteiger partial charge in [0.1, 0.15) is 14.1 Å². The van der Waals surface area contributed by atoms with Gasteiger partial charge in [-0.05, 0) is 24.4 Å². The Morgan fingerprint density at radius 2 is 1.67 bits per heavy atom. The Labute approximate surface area is 86.2 Å². The highest BCUT2D eigenvalue weighted by molar-refractivity contribution is 6.64. The van der Waals surface area contributed by atoms with Crippen LogP contribution in [-0.4, -0.2) is 23.8 Å². The van der Waals surface area contributed by atoms with Crippen LogP contribution in [0.25, 0.3) is 0 Å². The third kappa shape index (κ3) is 3.32. The fraction of sp³-hybridized carbons (Fsp3) is 0.889. The minimum Gasteiger partial charge on any atom is -1.00 e. The standard InChI is InChI=1S/C9H17ClN.ClH/c1-11(2)9(10)8-6-4-3-5-7-8;/h8H,3-7H2,1-2H3;1H/q+1;/p-1. The molecule has 0 aromatic heterocycles. The van der Waals surface area contributed by atoms with Gasteiger partial charge in [-0.15, -0.1) is 0 Å². The zero-order valence-electron chi connectivity index (χ0n) is 7.82. The molecule has 0 N–H and O–H groups in total. The lowest BCUT2D eigenvalue weighted by Crippen LogP contribution is -3.00. The second-order valence-corrected chi connectivity index (χ2v) is 3.94. The summed E-state index contributed by atoms with van der Waals surface area (Å²) < 4.78 is 2.04. The van der Waals surface area contributed by atoms with Gasteiger partial charge in [0.15, 0.2) is 0 Å². The first-order valence-electron chi connectivity index (χ1n) is 4.41. The van der Waals surface area contributed by atoms with E-state index >= 15 is 0 Å². The van der Waals surface area contributed by atoms with Crippen molar-refractivity contribution in [2.75, 3.05) is 14.1 Å². The van der Waals surface area contributed by atoms with Gasteiger partial charge in [0.05, 0.1) is 5.92 Å². The molecular formula is C9H17Cl2N. The van der Waals surface area contributed by atoms with Crippen molar-refractivity contribution in [1.82, 2.24) is 0 Å². The van der Waals surface area contributed by atoms with Gasteiger partial charge in [-0.25, -0.2) is 4.58 Å². The van der Waals surface area contributed by atoms with E-state index in [0.29, 0.717) is 5.92 Å². The van der Waals surface area contributed by atoms with Crippen LogP contribution in [0.1, 0.15) is 32.1 Å². The molecule has 0 heterocycles. The monoisotopic (exact) mass is 209 g/mol. The second-order valence-electron chi connectivity index (χ2n) is 3.55. The quantitative estimate of drug-likeness (QED) is 0.404. The van der Waals surface area contributed by atoms with E-state index in [2.05, 4.69) is 0 Å². The number of hydrogen-bond acceptors (Lipinski definition) is 0. The highest BCUT2D eigenvalue weighted by Gasteiger charge is 2.22. The fourth-order valence-corrected chi connectivity index (χ4v) is 1.92. The number of hydrogen-bond donors (Lipinski definition) is 0. The van der Waals surface area contributed by atoms with Crippen molar-refractivity contribution in [3.63, 3.8) is 0 Å². The summed E-state index contributed by atoms with van der Waals surface area (Å²) in [6.45, 7) is 0. The van der Waals surface area contributed by atoms with Crippen molar-refractivity contribution >= 4 is 16.8 Å². The Kier molecular flexibility index (Phi) is 5.94. The third-order valence-electron chi connectivity index (χ3n) is 2.37. The highest BCUT2D eigenvalue weighted by atomic mass is 35.5. The lowest BCUT2D eigenvalue weighted by molar-refractivity contribution is -0.464. The molecule has 1 rings (SSSR count). The van der Waals surface area contributed by atoms with Crippen LogP contribution >= 0.6 is 11.6 Å². The summed E-state index contributed by atoms with van der Waals surface area (Å²) in [6.07, 6.45) is 6.69. The van der Waals surface area contributed by atoms with Crippen LogP contribution < -0.4 is 12.4 Å². The van der Waals surface area contributed by atoms with Crippen molar-refractivity contribution in [2.24, 2.45) is 5.92 Å². The molecule has 0 spiro atoms. The molecule has 0 aliphatic heterocycles. The van der Waals surface area contributed by atoms with Crippen molar-refractivity contribution in [3.8, 4) is 0 Å². The number of rotatable bonds is 1. The van der Waals surface area contributed by atoms with Crippen LogP contribution in [-0.2, 0) is 0 Å². The smallest absolute Gasteiger partial charge is 0.247 e. The average molecular weight is 210 g/mol. The molecule has 0 aromatic carbocycles. The molecule has 3 heteroatoms. The normalized spacial score (nSPS) is 18.2. The van der Waals surface area contributed by atoms with Gasteiger partial charge in [0.25, 0.3) is 0 Å². The SMILES string of the molecule is C[N+](C)=C(Cl)C1CCCCC1.[Cl-]. The lowest BCUT2D eigenvalue weighted by atomic mass is 9.90. The van der Waals surface area contributed by atoms with Gasteiger partial charge in [-0.1, -0.05) is 19.3 Å². The number of nitrogens with zero attached hydrogens (tertiary/aromatic N) is 1. The van der Waals surface area contributed by atoms with Gasteiger partial charge in [0, 0.05) is 0 Å². The molecule has 1 saturated carbocycles. The molecule has 1 aliphatic carbocycles. The number of halogens is 2. The van der Waals surface area contributed by atoms with Crippen LogP contribution in [0, 0.1) is 5.92 Å². The Morgan fingerprint density at radius 1 is 1.17 bits per heavy atom. The summed E-state index contributed by atoms with van der Waals surface area (Å²) in [6, 6.07) is 0. The molecular weight excluding hydrogens is 193 g/mol. The van der Waals surface area contributed by atoms with Gasteiger partial charge in [-0.2, -0.15) is 0 Å². The molecule has 0 aromatic rings. The largest absolute Gasteiger partial charge is 1.00 e. The second kappa shape index (κ2) is 5.82. The predicted octanol–water partition coefficient (Wildman–Crippen LogP) is -0.520. The van der Waals surface area contributed by atoms with E-state index in [4.69, 9.17) is 11.6 Å². The Hall–Kier alpha value is 0.250. The first kappa shape index (κ1) is 12.2. The first-order valence-corrected chi connectivity index (χ1v) is 4.79. The predicted molar refractivity (Wildman–Crippen MR) is 49.5 cm³/mol. The van der Waals surface area contributed by atoms with Crippen LogP contribution in [0.3, 0.4) is 0 Å². The summed E-state index contributed by atoms with van der Waals surface area (Å²) in [5.74, 6) is 0.653. The van der Waals surface area contributed by atoms with Crippen molar-refractivity contribution < 1.29 is 17.0 Å². The molecule has 0 atom stereocenters. The van der Waals surface area contributed by atoms with Crippen molar-refractivity contribution in [1.29, 1.82) is 0 Å². The van der Waals surface area contributed by atoms with Gasteiger partial charge < -0.3 is 12.4 Å². The maximum absolute atomic E-state index is 6.14. The zero-order valence-corrected chi connectivity index (χ0v) is 9.33. The molecule has 72 valence electrons. The van der Waals surface area contributed by atoms with E-state index in [0.717, 1.165) is 5.17 Å². The minimum absolute atomic E-state index is 0. The summed E-state index contributed by atoms with van der Waals surface area (Å²) in [5, 5.41) is 1.05. The molecule has 0 radical (unpaired) electrons. The maximum Gasteiger partial charge on any atom is 0.247 e. The molecule has 0 bridgehead atoms. The summed E-state index contributed by atoms with van der Waals surface area (Å²) in [5.41, 5.74) is 0. The third-order valence-corrected chi connectivity index (χ3v) is 3.02. The molecule has 0 saturated heterocycles. The summed E-state index contributed by atoms with van der Waals surface area (Å²) >= 11 is 6.14. The van der Waals surface area contributed by atoms with Crippen molar-refractivity contribution in [3.05, 3.63) is 0 Å². The van der Waals surface area contributed by atoms with Gasteiger partial charge >= 0.3 is 0 Å². The Balaban J connectivity index is 0.00000121. The summed E-state index contributed by atoms with van der Waals surface area (Å²) in [4.78, 5) is 0. The average Bonchev–Trinajstić information content (AvgIpc) is 2.05. The Morgan fingerprint density at radius 3 is 2.08 bits per heavy atom. The summed E-state index contributed by atoms with van der Waals surface area (Å²) in [7, 11) is 4.05. The van der Waals surface area contributed by atoms with E-state index in [1.165, 1.54) is 32.1 Å². The fourth-order valence-electron chi connectivity index (χ4n) is 1.71. The van der Waals surface area contributed by atoms with E-state index in [9.17, 15) is 0 Å². The van der Waals surface area contributed by atoms with Crippen molar-refractivity contribution in [2.45, 2.75) is 32.1 Å². The topological polar surface area (TPSA) is 3.01 Å². The van der Waals surface area contributed by atoms with Gasteiger partial charge in [0.2, 0.25) is 5.17 Å². The highest BCUT2D eigenvalue weighted by Crippen LogP contribution is 2.25. The van der Waals surface area contributed by atoms with E-state index in [1.807, 2.05) is 18.7 Å². The van der Waals surface area contributed by atoms with E-state index in [-0.39, 0.29) is 12.4 Å². The molecule has 1 aliphatic rings. The van der Waals surface area contributed by atoms with E-state index in [1.54, 1.807) is 0 Å². The van der Waals surface area contributed by atoms with Gasteiger partial charge in [-0.3, -0.25) is 0 Å². The Bertz CT molecular complexity index is 156. The van der Waals surface area contributed by atoms with E-state index < -0.39 is 0 Å². The maximum atomic E-state index is 6.14. The lowest BCUT2D eigenvalue weighted by Gasteiger charge is -2.17. The van der Waals surface area contributed by atoms with Crippen LogP contribution in [0.5, 0.6) is 0 Å². The zero-order chi connectivity index (χ0) is 8.27. The molecule has 1 fully saturated rings. The molecule has 0 unspecified atom stereocenters. The molecule has 1 nitrogen and oxygen atoms in total. The molecule has 12 heavy (non-hydrogen) atoms. The van der Waals surface area contributed by atoms with Crippen LogP contribution in [0.4, 0.5) is 0 Å². The molecule has 0 amide bonds. The van der Waals surface area contributed by atoms with Crippen LogP contribution in [0.2, 0.25) is 0 Å².